The first-order valence-corrected chi connectivity index (χ1v) is 11.5. The molecule has 0 saturated heterocycles. The van der Waals surface area contributed by atoms with Gasteiger partial charge >= 0.3 is 0 Å². The number of ether oxygens (including phenoxy) is 2. The standard InChI is InChI=1S/C26H26Cl2N4O2/c1-32(2)14-13-29-20-15-21(33-3)24-25(26(20)34-4)31-23(17-7-11-19(28)12-8-17)22(30-24)16-5-9-18(27)10-6-16/h5-12,15,29H,13-14H2,1-4H3. The van der Waals surface area contributed by atoms with Crippen LogP contribution in [0.5, 0.6) is 11.5 Å². The number of aromatic nitrogens is 2. The summed E-state index contributed by atoms with van der Waals surface area (Å²) in [6.07, 6.45) is 0. The maximum atomic E-state index is 6.15. The zero-order chi connectivity index (χ0) is 24.2. The minimum atomic E-state index is 0.605. The Hall–Kier alpha value is -3.06. The lowest BCUT2D eigenvalue weighted by Crippen LogP contribution is -2.21. The minimum absolute atomic E-state index is 0.605. The number of benzene rings is 3. The summed E-state index contributed by atoms with van der Waals surface area (Å²) in [6, 6.07) is 17.0. The first kappa shape index (κ1) is 24.1. The van der Waals surface area contributed by atoms with Crippen molar-refractivity contribution in [3.05, 3.63) is 64.6 Å². The Balaban J connectivity index is 1.98. The Morgan fingerprint density at radius 3 is 1.79 bits per heavy atom. The number of nitrogens with zero attached hydrogens (tertiary/aromatic N) is 3. The second-order valence-corrected chi connectivity index (χ2v) is 8.89. The Kier molecular flexibility index (Phi) is 7.41. The highest BCUT2D eigenvalue weighted by Gasteiger charge is 2.21. The third kappa shape index (κ3) is 5.04. The van der Waals surface area contributed by atoms with Crippen molar-refractivity contribution in [3.8, 4) is 34.0 Å². The van der Waals surface area contributed by atoms with E-state index >= 15 is 0 Å². The number of anilines is 1. The van der Waals surface area contributed by atoms with Gasteiger partial charge in [-0.3, -0.25) is 0 Å². The molecule has 0 aliphatic rings. The third-order valence-electron chi connectivity index (χ3n) is 5.40. The molecule has 3 aromatic carbocycles. The molecule has 0 bridgehead atoms. The molecule has 0 radical (unpaired) electrons. The van der Waals surface area contributed by atoms with Crippen LogP contribution in [0.2, 0.25) is 10.0 Å². The van der Waals surface area contributed by atoms with E-state index in [9.17, 15) is 0 Å². The molecule has 0 fully saturated rings. The van der Waals surface area contributed by atoms with Crippen LogP contribution in [-0.4, -0.2) is 56.3 Å². The van der Waals surface area contributed by atoms with E-state index in [0.717, 1.165) is 29.9 Å². The third-order valence-corrected chi connectivity index (χ3v) is 5.90. The fraction of sp³-hybridized carbons (Fsp3) is 0.231. The van der Waals surface area contributed by atoms with Crippen molar-refractivity contribution < 1.29 is 9.47 Å². The monoisotopic (exact) mass is 496 g/mol. The molecule has 0 aliphatic heterocycles. The van der Waals surface area contributed by atoms with Gasteiger partial charge in [0.05, 0.1) is 31.3 Å². The van der Waals surface area contributed by atoms with Gasteiger partial charge in [-0.1, -0.05) is 47.5 Å². The zero-order valence-electron chi connectivity index (χ0n) is 19.5. The van der Waals surface area contributed by atoms with Gasteiger partial charge in [0, 0.05) is 40.3 Å². The molecule has 0 atom stereocenters. The zero-order valence-corrected chi connectivity index (χ0v) is 21.0. The Morgan fingerprint density at radius 1 is 0.794 bits per heavy atom. The fourth-order valence-electron chi connectivity index (χ4n) is 3.68. The summed E-state index contributed by atoms with van der Waals surface area (Å²) in [5.41, 5.74) is 5.20. The van der Waals surface area contributed by atoms with E-state index in [0.29, 0.717) is 44.0 Å². The van der Waals surface area contributed by atoms with Crippen LogP contribution >= 0.6 is 23.2 Å². The van der Waals surface area contributed by atoms with Gasteiger partial charge in [-0.05, 0) is 38.4 Å². The first-order chi connectivity index (χ1) is 16.4. The molecule has 1 heterocycles. The van der Waals surface area contributed by atoms with Crippen molar-refractivity contribution in [2.24, 2.45) is 0 Å². The van der Waals surface area contributed by atoms with Crippen LogP contribution in [0.3, 0.4) is 0 Å². The maximum absolute atomic E-state index is 6.15. The smallest absolute Gasteiger partial charge is 0.170 e. The lowest BCUT2D eigenvalue weighted by atomic mass is 10.0. The number of hydrogen-bond donors (Lipinski definition) is 1. The van der Waals surface area contributed by atoms with Crippen LogP contribution in [-0.2, 0) is 0 Å². The summed E-state index contributed by atoms with van der Waals surface area (Å²) in [5.74, 6) is 1.22. The van der Waals surface area contributed by atoms with Crippen LogP contribution in [0.15, 0.2) is 54.6 Å². The molecule has 0 unspecified atom stereocenters. The normalized spacial score (nSPS) is 11.1. The summed E-state index contributed by atoms with van der Waals surface area (Å²) < 4.78 is 11.5. The Labute approximate surface area is 209 Å². The minimum Gasteiger partial charge on any atom is -0.494 e. The lowest BCUT2D eigenvalue weighted by molar-refractivity contribution is 0.408. The molecule has 0 amide bonds. The maximum Gasteiger partial charge on any atom is 0.170 e. The van der Waals surface area contributed by atoms with Crippen molar-refractivity contribution in [3.63, 3.8) is 0 Å². The topological polar surface area (TPSA) is 59.5 Å². The van der Waals surface area contributed by atoms with Crippen molar-refractivity contribution in [2.45, 2.75) is 0 Å². The van der Waals surface area contributed by atoms with E-state index < -0.39 is 0 Å². The number of rotatable bonds is 8. The lowest BCUT2D eigenvalue weighted by Gasteiger charge is -2.18. The van der Waals surface area contributed by atoms with E-state index in [1.54, 1.807) is 14.2 Å². The van der Waals surface area contributed by atoms with E-state index in [4.69, 9.17) is 42.6 Å². The number of nitrogens with one attached hydrogen (secondary N) is 1. The predicted octanol–water partition coefficient (Wildman–Crippen LogP) is 6.26. The quantitative estimate of drug-likeness (QED) is 0.310. The highest BCUT2D eigenvalue weighted by Crippen LogP contribution is 2.41. The largest absolute Gasteiger partial charge is 0.494 e. The molecule has 6 nitrogen and oxygen atoms in total. The number of hydrogen-bond acceptors (Lipinski definition) is 6. The summed E-state index contributed by atoms with van der Waals surface area (Å²) in [4.78, 5) is 12.2. The van der Waals surface area contributed by atoms with Crippen molar-refractivity contribution in [2.75, 3.05) is 46.7 Å². The molecular weight excluding hydrogens is 471 g/mol. The van der Waals surface area contributed by atoms with Gasteiger partial charge in [-0.25, -0.2) is 9.97 Å². The molecule has 0 spiro atoms. The van der Waals surface area contributed by atoms with Crippen molar-refractivity contribution >= 4 is 39.9 Å². The molecule has 34 heavy (non-hydrogen) atoms. The summed E-state index contributed by atoms with van der Waals surface area (Å²) in [6.45, 7) is 1.60. The molecule has 4 rings (SSSR count). The first-order valence-electron chi connectivity index (χ1n) is 10.8. The highest BCUT2D eigenvalue weighted by molar-refractivity contribution is 6.31. The molecule has 0 saturated carbocycles. The van der Waals surface area contributed by atoms with Crippen molar-refractivity contribution in [1.82, 2.24) is 14.9 Å². The average molecular weight is 497 g/mol. The van der Waals surface area contributed by atoms with Gasteiger partial charge in [0.25, 0.3) is 0 Å². The van der Waals surface area contributed by atoms with Crippen molar-refractivity contribution in [1.29, 1.82) is 0 Å². The second-order valence-electron chi connectivity index (χ2n) is 8.02. The fourth-order valence-corrected chi connectivity index (χ4v) is 3.94. The molecular formula is C26H26Cl2N4O2. The number of fused-ring (bicyclic) bond motifs is 1. The highest BCUT2D eigenvalue weighted by atomic mass is 35.5. The van der Waals surface area contributed by atoms with Gasteiger partial charge < -0.3 is 19.7 Å². The predicted molar refractivity (Wildman–Crippen MR) is 141 cm³/mol. The van der Waals surface area contributed by atoms with Crippen LogP contribution in [0.4, 0.5) is 5.69 Å². The van der Waals surface area contributed by atoms with Crippen LogP contribution in [0.25, 0.3) is 33.5 Å². The summed E-state index contributed by atoms with van der Waals surface area (Å²) in [7, 11) is 7.32. The Morgan fingerprint density at radius 2 is 1.32 bits per heavy atom. The number of halogens is 2. The number of likely N-dealkylation sites (N-methyl/N-ethyl adjacent to an activating group) is 1. The van der Waals surface area contributed by atoms with Gasteiger partial charge in [0.2, 0.25) is 0 Å². The van der Waals surface area contributed by atoms with Gasteiger partial charge in [-0.15, -0.1) is 0 Å². The molecule has 4 aromatic rings. The second kappa shape index (κ2) is 10.5. The van der Waals surface area contributed by atoms with Gasteiger partial charge in [-0.2, -0.15) is 0 Å². The molecule has 176 valence electrons. The van der Waals surface area contributed by atoms with Crippen LogP contribution in [0, 0.1) is 0 Å². The molecule has 1 N–H and O–H groups in total. The van der Waals surface area contributed by atoms with E-state index in [1.165, 1.54) is 0 Å². The number of methoxy groups -OCH3 is 2. The van der Waals surface area contributed by atoms with E-state index in [2.05, 4.69) is 10.2 Å². The van der Waals surface area contributed by atoms with E-state index in [1.807, 2.05) is 68.7 Å². The van der Waals surface area contributed by atoms with Gasteiger partial charge in [0.1, 0.15) is 16.8 Å². The van der Waals surface area contributed by atoms with Gasteiger partial charge in [0.15, 0.2) is 5.75 Å². The molecule has 0 aliphatic carbocycles. The summed E-state index contributed by atoms with van der Waals surface area (Å²) >= 11 is 12.3. The molecule has 8 heteroatoms. The molecule has 1 aromatic heterocycles. The summed E-state index contributed by atoms with van der Waals surface area (Å²) in [5, 5.41) is 4.74. The van der Waals surface area contributed by atoms with Crippen LogP contribution < -0.4 is 14.8 Å². The van der Waals surface area contributed by atoms with E-state index in [-0.39, 0.29) is 0 Å². The Bertz CT molecular complexity index is 1290. The average Bonchev–Trinajstić information content (AvgIpc) is 2.83. The van der Waals surface area contributed by atoms with Crippen LogP contribution in [0.1, 0.15) is 0 Å². The SMILES string of the molecule is COc1cc(NCCN(C)C)c(OC)c2nc(-c3ccc(Cl)cc3)c(-c3ccc(Cl)cc3)nc12.